The fourth-order valence-electron chi connectivity index (χ4n) is 4.48. The van der Waals surface area contributed by atoms with Gasteiger partial charge < -0.3 is 30.1 Å². The van der Waals surface area contributed by atoms with Gasteiger partial charge >= 0.3 is 0 Å². The number of aliphatic hydroxyl groups excluding tert-OH is 1. The zero-order chi connectivity index (χ0) is 24.1. The Morgan fingerprint density at radius 1 is 1.00 bits per heavy atom. The molecule has 1 saturated heterocycles. The molecule has 4 N–H and O–H groups in total. The lowest BCUT2D eigenvalue weighted by Gasteiger charge is -2.37. The van der Waals surface area contributed by atoms with E-state index in [1.165, 1.54) is 5.69 Å². The molecule has 3 aromatic rings. The fourth-order valence-corrected chi connectivity index (χ4v) is 4.48. The predicted molar refractivity (Wildman–Crippen MR) is 135 cm³/mol. The van der Waals surface area contributed by atoms with Gasteiger partial charge in [0.05, 0.1) is 14.2 Å². The maximum absolute atomic E-state index is 10.7. The molecule has 34 heavy (non-hydrogen) atoms. The Hall–Kier alpha value is -3.23. The third-order valence-electron chi connectivity index (χ3n) is 6.14. The number of benzene rings is 2. The molecule has 1 aliphatic rings. The van der Waals surface area contributed by atoms with Gasteiger partial charge in [-0.2, -0.15) is 5.10 Å². The molecule has 0 radical (unpaired) electrons. The number of aromatic nitrogens is 2. The summed E-state index contributed by atoms with van der Waals surface area (Å²) in [6.45, 7) is 6.36. The number of hydrogen-bond donors (Lipinski definition) is 4. The first-order chi connectivity index (χ1) is 16.4. The van der Waals surface area contributed by atoms with Crippen molar-refractivity contribution in [3.63, 3.8) is 0 Å². The second kappa shape index (κ2) is 10.8. The quantitative estimate of drug-likeness (QED) is 0.359. The SMILES string of the molecule is COc1cc(CCc2cc(NC(O)c3ccc(N4CC(C)NC(C)C4)cc3)n[nH]2)cc(OC)c1. The van der Waals surface area contributed by atoms with Gasteiger partial charge in [-0.1, -0.05) is 12.1 Å². The Balaban J connectivity index is 1.33. The number of aliphatic hydroxyl groups is 1. The molecule has 0 bridgehead atoms. The average Bonchev–Trinajstić information content (AvgIpc) is 3.29. The number of piperazine rings is 1. The van der Waals surface area contributed by atoms with Crippen LogP contribution in [0.4, 0.5) is 11.5 Å². The smallest absolute Gasteiger partial charge is 0.151 e. The number of aryl methyl sites for hydroxylation is 2. The van der Waals surface area contributed by atoms with E-state index in [4.69, 9.17) is 9.47 Å². The summed E-state index contributed by atoms with van der Waals surface area (Å²) in [5.74, 6) is 2.16. The van der Waals surface area contributed by atoms with Gasteiger partial charge in [-0.15, -0.1) is 0 Å². The summed E-state index contributed by atoms with van der Waals surface area (Å²) in [6, 6.07) is 16.8. The largest absolute Gasteiger partial charge is 0.497 e. The lowest BCUT2D eigenvalue weighted by molar-refractivity contribution is 0.207. The van der Waals surface area contributed by atoms with Crippen LogP contribution in [-0.4, -0.2) is 54.7 Å². The molecule has 8 nitrogen and oxygen atoms in total. The topological polar surface area (TPSA) is 94.7 Å². The van der Waals surface area contributed by atoms with E-state index in [1.807, 2.05) is 36.4 Å². The van der Waals surface area contributed by atoms with Crippen molar-refractivity contribution in [2.75, 3.05) is 37.5 Å². The molecule has 0 spiro atoms. The van der Waals surface area contributed by atoms with Crippen LogP contribution in [0.25, 0.3) is 0 Å². The Kier molecular flexibility index (Phi) is 7.59. The average molecular weight is 466 g/mol. The molecule has 1 aromatic heterocycles. The summed E-state index contributed by atoms with van der Waals surface area (Å²) >= 11 is 0. The highest BCUT2D eigenvalue weighted by molar-refractivity contribution is 5.50. The molecule has 8 heteroatoms. The standard InChI is InChI=1S/C26H35N5O3/c1-17-15-31(16-18(2)27-17)22-9-6-20(7-10-22)26(32)28-25-13-21(29-30-25)8-5-19-11-23(33-3)14-24(12-19)34-4/h6-7,9-14,17-18,26-27,32H,5,8,15-16H2,1-4H3,(H2,28,29,30). The molecule has 2 heterocycles. The Bertz CT molecular complexity index is 1040. The number of nitrogens with zero attached hydrogens (tertiary/aromatic N) is 2. The van der Waals surface area contributed by atoms with Crippen molar-refractivity contribution in [2.45, 2.75) is 45.0 Å². The lowest BCUT2D eigenvalue weighted by Crippen LogP contribution is -2.54. The van der Waals surface area contributed by atoms with E-state index in [0.717, 1.165) is 54.3 Å². The normalized spacial score (nSPS) is 19.0. The predicted octanol–water partition coefficient (Wildman–Crippen LogP) is 3.50. The molecule has 0 aliphatic carbocycles. The van der Waals surface area contributed by atoms with E-state index in [1.54, 1.807) is 14.2 Å². The van der Waals surface area contributed by atoms with Gasteiger partial charge in [0.15, 0.2) is 6.23 Å². The van der Waals surface area contributed by atoms with Gasteiger partial charge in [-0.05, 0) is 56.5 Å². The van der Waals surface area contributed by atoms with E-state index in [0.29, 0.717) is 17.9 Å². The summed E-state index contributed by atoms with van der Waals surface area (Å²) < 4.78 is 10.7. The van der Waals surface area contributed by atoms with Gasteiger partial charge in [0.1, 0.15) is 17.3 Å². The van der Waals surface area contributed by atoms with Gasteiger partial charge in [-0.25, -0.2) is 0 Å². The van der Waals surface area contributed by atoms with Crippen molar-refractivity contribution < 1.29 is 14.6 Å². The molecule has 1 fully saturated rings. The molecule has 3 atom stereocenters. The molecule has 0 amide bonds. The second-order valence-corrected chi connectivity index (χ2v) is 9.01. The highest BCUT2D eigenvalue weighted by Crippen LogP contribution is 2.25. The van der Waals surface area contributed by atoms with Gasteiger partial charge in [0.25, 0.3) is 0 Å². The summed E-state index contributed by atoms with van der Waals surface area (Å²) in [4.78, 5) is 2.38. The van der Waals surface area contributed by atoms with Crippen LogP contribution in [0.2, 0.25) is 0 Å². The van der Waals surface area contributed by atoms with Crippen molar-refractivity contribution >= 4 is 11.5 Å². The molecule has 182 valence electrons. The molecule has 0 saturated carbocycles. The highest BCUT2D eigenvalue weighted by Gasteiger charge is 2.21. The van der Waals surface area contributed by atoms with Crippen LogP contribution < -0.4 is 25.0 Å². The van der Waals surface area contributed by atoms with E-state index >= 15 is 0 Å². The molecular weight excluding hydrogens is 430 g/mol. The first kappa shape index (κ1) is 23.9. The number of anilines is 2. The van der Waals surface area contributed by atoms with Crippen molar-refractivity contribution in [3.05, 3.63) is 65.4 Å². The fraction of sp³-hybridized carbons (Fsp3) is 0.423. The number of methoxy groups -OCH3 is 2. The Labute approximate surface area is 201 Å². The van der Waals surface area contributed by atoms with Gasteiger partial charge in [0, 0.05) is 54.3 Å². The van der Waals surface area contributed by atoms with Crippen LogP contribution in [0.15, 0.2) is 48.5 Å². The summed E-state index contributed by atoms with van der Waals surface area (Å²) in [7, 11) is 3.30. The number of hydrogen-bond acceptors (Lipinski definition) is 7. The van der Waals surface area contributed by atoms with Crippen molar-refractivity contribution in [1.82, 2.24) is 15.5 Å². The van der Waals surface area contributed by atoms with E-state index in [2.05, 4.69) is 51.7 Å². The minimum absolute atomic E-state index is 0.454. The molecule has 3 unspecified atom stereocenters. The van der Waals surface area contributed by atoms with Crippen LogP contribution in [0.5, 0.6) is 11.5 Å². The van der Waals surface area contributed by atoms with E-state index < -0.39 is 6.23 Å². The molecular formula is C26H35N5O3. The minimum Gasteiger partial charge on any atom is -0.497 e. The monoisotopic (exact) mass is 465 g/mol. The maximum atomic E-state index is 10.7. The number of nitrogens with one attached hydrogen (secondary N) is 3. The number of ether oxygens (including phenoxy) is 2. The number of rotatable bonds is 9. The summed E-state index contributed by atoms with van der Waals surface area (Å²) in [5.41, 5.74) is 4.07. The molecule has 2 aromatic carbocycles. The minimum atomic E-state index is -0.839. The van der Waals surface area contributed by atoms with Crippen molar-refractivity contribution in [3.8, 4) is 11.5 Å². The van der Waals surface area contributed by atoms with Crippen LogP contribution in [0.3, 0.4) is 0 Å². The first-order valence-electron chi connectivity index (χ1n) is 11.7. The zero-order valence-electron chi connectivity index (χ0n) is 20.3. The van der Waals surface area contributed by atoms with Crippen LogP contribution in [-0.2, 0) is 12.8 Å². The van der Waals surface area contributed by atoms with Crippen LogP contribution in [0.1, 0.15) is 36.9 Å². The number of H-pyrrole nitrogens is 1. The highest BCUT2D eigenvalue weighted by atomic mass is 16.5. The molecule has 4 rings (SSSR count). The van der Waals surface area contributed by atoms with E-state index in [-0.39, 0.29) is 0 Å². The van der Waals surface area contributed by atoms with Crippen molar-refractivity contribution in [1.29, 1.82) is 0 Å². The van der Waals surface area contributed by atoms with Gasteiger partial charge in [-0.3, -0.25) is 5.10 Å². The van der Waals surface area contributed by atoms with E-state index in [9.17, 15) is 5.11 Å². The Morgan fingerprint density at radius 3 is 2.26 bits per heavy atom. The third-order valence-corrected chi connectivity index (χ3v) is 6.14. The molecule has 1 aliphatic heterocycles. The zero-order valence-corrected chi connectivity index (χ0v) is 20.3. The second-order valence-electron chi connectivity index (χ2n) is 9.01. The lowest BCUT2D eigenvalue weighted by atomic mass is 10.1. The van der Waals surface area contributed by atoms with Crippen LogP contribution in [0, 0.1) is 0 Å². The summed E-state index contributed by atoms with van der Waals surface area (Å²) in [6.07, 6.45) is 0.744. The summed E-state index contributed by atoms with van der Waals surface area (Å²) in [5, 5.41) is 24.7. The van der Waals surface area contributed by atoms with Gasteiger partial charge in [0.2, 0.25) is 0 Å². The number of aromatic amines is 1. The van der Waals surface area contributed by atoms with Crippen molar-refractivity contribution in [2.24, 2.45) is 0 Å². The Morgan fingerprint density at radius 2 is 1.65 bits per heavy atom. The first-order valence-corrected chi connectivity index (χ1v) is 11.7. The third kappa shape index (κ3) is 6.01. The van der Waals surface area contributed by atoms with Crippen LogP contribution >= 0.6 is 0 Å². The maximum Gasteiger partial charge on any atom is 0.151 e.